The topological polar surface area (TPSA) is 0 Å². The van der Waals surface area contributed by atoms with Gasteiger partial charge in [0.15, 0.2) is 0 Å². The van der Waals surface area contributed by atoms with E-state index in [1.807, 2.05) is 0 Å². The van der Waals surface area contributed by atoms with Gasteiger partial charge in [0.25, 0.3) is 0 Å². The van der Waals surface area contributed by atoms with Gasteiger partial charge in [0, 0.05) is 0 Å². The van der Waals surface area contributed by atoms with E-state index >= 15 is 0 Å². The lowest BCUT2D eigenvalue weighted by molar-refractivity contribution is 0.359. The van der Waals surface area contributed by atoms with Crippen molar-refractivity contribution in [2.24, 2.45) is 0 Å². The fourth-order valence-electron chi connectivity index (χ4n) is 0.603. The van der Waals surface area contributed by atoms with Crippen molar-refractivity contribution in [1.82, 2.24) is 0 Å². The maximum atomic E-state index is 12.7. The third kappa shape index (κ3) is 1.50. The van der Waals surface area contributed by atoms with Crippen LogP contribution in [0.15, 0.2) is 24.1 Å². The van der Waals surface area contributed by atoms with Crippen LogP contribution in [-0.2, 0) is 0 Å². The summed E-state index contributed by atoms with van der Waals surface area (Å²) in [5.41, 5.74) is 0. The molecule has 1 atom stereocenters. The van der Waals surface area contributed by atoms with E-state index in [0.29, 0.717) is 6.42 Å². The van der Waals surface area contributed by atoms with Crippen LogP contribution in [0.1, 0.15) is 6.42 Å². The van der Waals surface area contributed by atoms with Gasteiger partial charge >= 0.3 is 0 Å². The lowest BCUT2D eigenvalue weighted by Crippen LogP contribution is -2.11. The summed E-state index contributed by atoms with van der Waals surface area (Å²) < 4.78 is 23.2. The summed E-state index contributed by atoms with van der Waals surface area (Å²) in [7, 11) is 0. The molecule has 0 aromatic carbocycles. The van der Waals surface area contributed by atoms with Gasteiger partial charge in [-0.3, -0.25) is 0 Å². The number of rotatable bonds is 0. The largest absolute Gasteiger partial charge is 0.229 e. The molecule has 9 heavy (non-hydrogen) atoms. The average molecular weight is 242 g/mol. The fourth-order valence-corrected chi connectivity index (χ4v) is 1.08. The molecule has 1 rings (SSSR count). The highest BCUT2D eigenvalue weighted by atomic mass is 127. The molecule has 0 radical (unpaired) electrons. The molecular weight excluding hydrogens is 237 g/mol. The third-order valence-corrected chi connectivity index (χ3v) is 1.95. The first-order chi connectivity index (χ1) is 4.13. The number of hydrogen-bond acceptors (Lipinski definition) is 0. The van der Waals surface area contributed by atoms with E-state index < -0.39 is 9.50 Å². The number of hydrogen-bond donors (Lipinski definition) is 0. The van der Waals surface area contributed by atoms with E-state index in [1.54, 1.807) is 6.08 Å². The predicted molar refractivity (Wildman–Crippen MR) is 40.8 cm³/mol. The van der Waals surface area contributed by atoms with Crippen LogP contribution in [-0.4, -0.2) is 3.68 Å². The van der Waals surface area contributed by atoms with Crippen LogP contribution in [0.4, 0.5) is 8.78 Å². The molecule has 0 spiro atoms. The highest BCUT2D eigenvalue weighted by molar-refractivity contribution is 14.1. The smallest absolute Gasteiger partial charge is 0.220 e. The summed E-state index contributed by atoms with van der Waals surface area (Å²) >= 11 is 1.42. The molecule has 50 valence electrons. The van der Waals surface area contributed by atoms with Gasteiger partial charge in [0.2, 0.25) is 3.68 Å². The number of alkyl halides is 2. The molecule has 0 aliphatic heterocycles. The summed E-state index contributed by atoms with van der Waals surface area (Å²) in [6.07, 6.45) is 4.57. The second-order valence-electron chi connectivity index (χ2n) is 1.81. The van der Waals surface area contributed by atoms with Gasteiger partial charge in [-0.05, 0) is 41.2 Å². The van der Waals surface area contributed by atoms with Crippen LogP contribution in [0.5, 0.6) is 0 Å². The summed E-state index contributed by atoms with van der Waals surface area (Å²) in [6, 6.07) is 0. The number of allylic oxidation sites excluding steroid dienone is 4. The summed E-state index contributed by atoms with van der Waals surface area (Å²) in [5.74, 6) is -0.689. The zero-order chi connectivity index (χ0) is 6.91. The quantitative estimate of drug-likeness (QED) is 0.348. The van der Waals surface area contributed by atoms with Gasteiger partial charge in [-0.1, -0.05) is 6.08 Å². The maximum absolute atomic E-state index is 12.7. The predicted octanol–water partition coefficient (Wildman–Crippen LogP) is 2.90. The van der Waals surface area contributed by atoms with Crippen LogP contribution >= 0.6 is 22.6 Å². The minimum atomic E-state index is -1.88. The lowest BCUT2D eigenvalue weighted by atomic mass is 10.2. The van der Waals surface area contributed by atoms with Crippen molar-refractivity contribution < 1.29 is 8.78 Å². The van der Waals surface area contributed by atoms with Gasteiger partial charge in [-0.15, -0.1) is 0 Å². The Labute approximate surface area is 65.8 Å². The van der Waals surface area contributed by atoms with E-state index in [9.17, 15) is 8.78 Å². The van der Waals surface area contributed by atoms with Crippen LogP contribution in [0.3, 0.4) is 0 Å². The zero-order valence-electron chi connectivity index (χ0n) is 4.57. The van der Waals surface area contributed by atoms with Gasteiger partial charge in [-0.2, -0.15) is 0 Å². The van der Waals surface area contributed by atoms with Gasteiger partial charge < -0.3 is 0 Å². The minimum absolute atomic E-state index is 0.501. The monoisotopic (exact) mass is 242 g/mol. The molecule has 0 heterocycles. The highest BCUT2D eigenvalue weighted by Gasteiger charge is 2.29. The van der Waals surface area contributed by atoms with E-state index in [-0.39, 0.29) is 0 Å². The number of halogens is 3. The fraction of sp³-hybridized carbons (Fsp3) is 0.333. The second kappa shape index (κ2) is 2.36. The third-order valence-electron chi connectivity index (χ3n) is 1.08. The Morgan fingerprint density at radius 3 is 2.67 bits per heavy atom. The van der Waals surface area contributed by atoms with Crippen LogP contribution < -0.4 is 0 Å². The van der Waals surface area contributed by atoms with Crippen LogP contribution in [0.2, 0.25) is 0 Å². The first kappa shape index (κ1) is 7.18. The van der Waals surface area contributed by atoms with Crippen molar-refractivity contribution >= 4 is 22.6 Å². The first-order valence-corrected chi connectivity index (χ1v) is 3.62. The van der Waals surface area contributed by atoms with Crippen molar-refractivity contribution in [2.45, 2.75) is 10.1 Å². The lowest BCUT2D eigenvalue weighted by Gasteiger charge is -2.13. The Morgan fingerprint density at radius 2 is 2.33 bits per heavy atom. The molecule has 0 bridgehead atoms. The highest BCUT2D eigenvalue weighted by Crippen LogP contribution is 2.35. The molecule has 0 saturated carbocycles. The molecule has 0 saturated heterocycles. The molecule has 0 aromatic heterocycles. The molecule has 0 N–H and O–H groups in total. The van der Waals surface area contributed by atoms with Crippen molar-refractivity contribution in [1.29, 1.82) is 0 Å². The van der Waals surface area contributed by atoms with Gasteiger partial charge in [0.05, 0.1) is 0 Å². The molecule has 1 aliphatic rings. The SMILES string of the molecule is FC1=CCC=CC1(F)I. The molecule has 3 heteroatoms. The Balaban J connectivity index is 2.83. The molecule has 1 unspecified atom stereocenters. The van der Waals surface area contributed by atoms with Crippen molar-refractivity contribution in [3.63, 3.8) is 0 Å². The van der Waals surface area contributed by atoms with Crippen molar-refractivity contribution in [3.8, 4) is 0 Å². The Hall–Kier alpha value is 0.0700. The van der Waals surface area contributed by atoms with Crippen molar-refractivity contribution in [2.75, 3.05) is 0 Å². The maximum Gasteiger partial charge on any atom is 0.229 e. The summed E-state index contributed by atoms with van der Waals surface area (Å²) in [6.45, 7) is 0. The standard InChI is InChI=1S/C6H5F2I/c7-5-3-1-2-4-6(5,8)9/h2-4H,1H2. The minimum Gasteiger partial charge on any atom is -0.220 e. The first-order valence-electron chi connectivity index (χ1n) is 2.54. The zero-order valence-corrected chi connectivity index (χ0v) is 6.73. The van der Waals surface area contributed by atoms with E-state index in [0.717, 1.165) is 0 Å². The van der Waals surface area contributed by atoms with E-state index in [1.165, 1.54) is 34.7 Å². The normalized spacial score (nSPS) is 34.3. The average Bonchev–Trinajstić information content (AvgIpc) is 1.77. The molecule has 0 fully saturated rings. The summed E-state index contributed by atoms with van der Waals surface area (Å²) in [4.78, 5) is 0. The van der Waals surface area contributed by atoms with E-state index in [2.05, 4.69) is 0 Å². The van der Waals surface area contributed by atoms with Gasteiger partial charge in [0.1, 0.15) is 5.83 Å². The summed E-state index contributed by atoms with van der Waals surface area (Å²) in [5, 5.41) is 0. The molecule has 0 nitrogen and oxygen atoms in total. The van der Waals surface area contributed by atoms with Crippen molar-refractivity contribution in [3.05, 3.63) is 24.1 Å². The Bertz CT molecular complexity index is 170. The molecule has 1 aliphatic carbocycles. The van der Waals surface area contributed by atoms with Crippen LogP contribution in [0, 0.1) is 0 Å². The molecule has 0 aromatic rings. The second-order valence-corrected chi connectivity index (χ2v) is 3.38. The Kier molecular flexibility index (Phi) is 1.88. The molecule has 0 amide bonds. The Morgan fingerprint density at radius 1 is 1.67 bits per heavy atom. The van der Waals surface area contributed by atoms with Crippen LogP contribution in [0.25, 0.3) is 0 Å². The van der Waals surface area contributed by atoms with E-state index in [4.69, 9.17) is 0 Å². The van der Waals surface area contributed by atoms with Gasteiger partial charge in [-0.25, -0.2) is 8.78 Å². The molecular formula is C6H5F2I.